The fourth-order valence-electron chi connectivity index (χ4n) is 2.72. The van der Waals surface area contributed by atoms with Crippen LogP contribution in [0.3, 0.4) is 0 Å². The highest BCUT2D eigenvalue weighted by molar-refractivity contribution is 6.29. The Hall–Kier alpha value is -0.240. The second-order valence-electron chi connectivity index (χ2n) is 6.67. The molecule has 138 valence electrons. The summed E-state index contributed by atoms with van der Waals surface area (Å²) in [6, 6.07) is 0. The summed E-state index contributed by atoms with van der Waals surface area (Å²) in [6.45, 7) is 5.00. The van der Waals surface area contributed by atoms with Crippen molar-refractivity contribution in [1.29, 1.82) is 0 Å². The van der Waals surface area contributed by atoms with Gasteiger partial charge < -0.3 is 4.74 Å². The molecule has 1 atom stereocenters. The second-order valence-corrected chi connectivity index (χ2v) is 7.19. The van der Waals surface area contributed by atoms with Gasteiger partial charge in [-0.05, 0) is 12.8 Å². The van der Waals surface area contributed by atoms with Crippen LogP contribution in [0.2, 0.25) is 0 Å². The maximum Gasteiger partial charge on any atom is 0.324 e. The Kier molecular flexibility index (Phi) is 17.9. The molecule has 0 aliphatic rings. The van der Waals surface area contributed by atoms with Crippen LogP contribution in [0.1, 0.15) is 110 Å². The number of carbonyl (C=O) groups is 1. The van der Waals surface area contributed by atoms with E-state index in [9.17, 15) is 4.79 Å². The van der Waals surface area contributed by atoms with Gasteiger partial charge in [-0.1, -0.05) is 97.3 Å². The summed E-state index contributed by atoms with van der Waals surface area (Å²) in [5.41, 5.74) is 0. The number of alkyl halides is 1. The lowest BCUT2D eigenvalue weighted by Gasteiger charge is -2.10. The molecular formula is C20H39ClO2. The molecule has 0 amide bonds. The molecule has 0 aromatic rings. The maximum absolute atomic E-state index is 11.8. The van der Waals surface area contributed by atoms with Crippen LogP contribution in [-0.2, 0) is 9.53 Å². The van der Waals surface area contributed by atoms with Crippen LogP contribution in [0.15, 0.2) is 0 Å². The van der Waals surface area contributed by atoms with Crippen LogP contribution in [0, 0.1) is 0 Å². The number of hydrogen-bond acceptors (Lipinski definition) is 2. The molecule has 0 aliphatic carbocycles. The Bertz CT molecular complexity index is 256. The third-order valence-electron chi connectivity index (χ3n) is 4.31. The highest BCUT2D eigenvalue weighted by Crippen LogP contribution is 2.14. The van der Waals surface area contributed by atoms with E-state index in [0.717, 1.165) is 25.7 Å². The predicted octanol–water partition coefficient (Wildman–Crippen LogP) is 7.03. The van der Waals surface area contributed by atoms with Crippen LogP contribution in [0.4, 0.5) is 0 Å². The number of esters is 1. The first-order chi connectivity index (χ1) is 11.2. The monoisotopic (exact) mass is 346 g/mol. The first-order valence-corrected chi connectivity index (χ1v) is 10.5. The van der Waals surface area contributed by atoms with E-state index in [1.165, 1.54) is 70.6 Å². The largest absolute Gasteiger partial charge is 0.465 e. The molecule has 0 N–H and O–H groups in total. The van der Waals surface area contributed by atoms with Crippen LogP contribution in [-0.4, -0.2) is 18.0 Å². The summed E-state index contributed by atoms with van der Waals surface area (Å²) in [4.78, 5) is 11.8. The van der Waals surface area contributed by atoms with Gasteiger partial charge in [-0.3, -0.25) is 4.79 Å². The molecule has 0 aromatic heterocycles. The van der Waals surface area contributed by atoms with Gasteiger partial charge >= 0.3 is 5.97 Å². The first-order valence-electron chi connectivity index (χ1n) is 10.0. The van der Waals surface area contributed by atoms with Crippen molar-refractivity contribution in [3.63, 3.8) is 0 Å². The summed E-state index contributed by atoms with van der Waals surface area (Å²) in [7, 11) is 0. The number of hydrogen-bond donors (Lipinski definition) is 0. The number of rotatable bonds is 17. The highest BCUT2D eigenvalue weighted by atomic mass is 35.5. The summed E-state index contributed by atoms with van der Waals surface area (Å²) in [5, 5.41) is -0.449. The lowest BCUT2D eigenvalue weighted by atomic mass is 10.1. The van der Waals surface area contributed by atoms with Gasteiger partial charge in [0.2, 0.25) is 0 Å². The molecule has 0 heterocycles. The Labute approximate surface area is 149 Å². The average molecular weight is 347 g/mol. The first kappa shape index (κ1) is 22.8. The van der Waals surface area contributed by atoms with Crippen LogP contribution >= 0.6 is 11.6 Å². The second kappa shape index (κ2) is 18.1. The summed E-state index contributed by atoms with van der Waals surface area (Å²) in [6.07, 6.45) is 18.1. The van der Waals surface area contributed by atoms with E-state index < -0.39 is 5.38 Å². The molecule has 0 fully saturated rings. The van der Waals surface area contributed by atoms with Crippen molar-refractivity contribution in [3.05, 3.63) is 0 Å². The topological polar surface area (TPSA) is 26.3 Å². The lowest BCUT2D eigenvalue weighted by Crippen LogP contribution is -2.18. The average Bonchev–Trinajstić information content (AvgIpc) is 2.56. The van der Waals surface area contributed by atoms with Crippen molar-refractivity contribution in [2.24, 2.45) is 0 Å². The van der Waals surface area contributed by atoms with Crippen molar-refractivity contribution in [3.8, 4) is 0 Å². The van der Waals surface area contributed by atoms with Gasteiger partial charge in [0.05, 0.1) is 6.61 Å². The number of unbranched alkanes of at least 4 members (excludes halogenated alkanes) is 12. The zero-order valence-electron chi connectivity index (χ0n) is 15.6. The molecule has 1 unspecified atom stereocenters. The number of ether oxygens (including phenoxy) is 1. The van der Waals surface area contributed by atoms with Crippen LogP contribution in [0.5, 0.6) is 0 Å². The van der Waals surface area contributed by atoms with Gasteiger partial charge in [0.25, 0.3) is 0 Å². The Morgan fingerprint density at radius 1 is 0.739 bits per heavy atom. The molecular weight excluding hydrogens is 308 g/mol. The minimum Gasteiger partial charge on any atom is -0.465 e. The molecule has 2 nitrogen and oxygen atoms in total. The van der Waals surface area contributed by atoms with Crippen LogP contribution in [0.25, 0.3) is 0 Å². The van der Waals surface area contributed by atoms with E-state index in [1.54, 1.807) is 0 Å². The molecule has 0 saturated carbocycles. The van der Waals surface area contributed by atoms with E-state index >= 15 is 0 Å². The van der Waals surface area contributed by atoms with E-state index in [4.69, 9.17) is 16.3 Å². The summed E-state index contributed by atoms with van der Waals surface area (Å²) in [5.74, 6) is -0.219. The predicted molar refractivity (Wildman–Crippen MR) is 101 cm³/mol. The van der Waals surface area contributed by atoms with Crippen molar-refractivity contribution < 1.29 is 9.53 Å². The van der Waals surface area contributed by atoms with Crippen molar-refractivity contribution >= 4 is 17.6 Å². The fourth-order valence-corrected chi connectivity index (χ4v) is 2.94. The van der Waals surface area contributed by atoms with Gasteiger partial charge in [0.1, 0.15) is 5.38 Å². The molecule has 0 radical (unpaired) electrons. The van der Waals surface area contributed by atoms with E-state index in [2.05, 4.69) is 13.8 Å². The minimum absolute atomic E-state index is 0.219. The third-order valence-corrected chi connectivity index (χ3v) is 4.71. The molecule has 23 heavy (non-hydrogen) atoms. The maximum atomic E-state index is 11.8. The normalized spacial score (nSPS) is 12.3. The van der Waals surface area contributed by atoms with Crippen molar-refractivity contribution in [2.75, 3.05) is 6.61 Å². The lowest BCUT2D eigenvalue weighted by molar-refractivity contribution is -0.143. The van der Waals surface area contributed by atoms with Crippen molar-refractivity contribution in [1.82, 2.24) is 0 Å². The summed E-state index contributed by atoms with van der Waals surface area (Å²) >= 11 is 6.11. The van der Waals surface area contributed by atoms with Gasteiger partial charge in [0.15, 0.2) is 0 Å². The molecule has 0 aliphatic heterocycles. The smallest absolute Gasteiger partial charge is 0.324 e. The van der Waals surface area contributed by atoms with Gasteiger partial charge in [-0.25, -0.2) is 0 Å². The van der Waals surface area contributed by atoms with E-state index in [-0.39, 0.29) is 5.97 Å². The number of halogens is 1. The fraction of sp³-hybridized carbons (Fsp3) is 0.950. The minimum atomic E-state index is -0.449. The molecule has 0 spiro atoms. The molecule has 0 rings (SSSR count). The molecule has 0 bridgehead atoms. The third kappa shape index (κ3) is 16.4. The highest BCUT2D eigenvalue weighted by Gasteiger charge is 2.15. The Morgan fingerprint density at radius 2 is 1.17 bits per heavy atom. The molecule has 0 saturated heterocycles. The quantitative estimate of drug-likeness (QED) is 0.160. The van der Waals surface area contributed by atoms with Gasteiger partial charge in [-0.2, -0.15) is 0 Å². The zero-order chi connectivity index (χ0) is 17.2. The van der Waals surface area contributed by atoms with Crippen LogP contribution < -0.4 is 0 Å². The van der Waals surface area contributed by atoms with E-state index in [1.807, 2.05) is 0 Å². The number of carbonyl (C=O) groups excluding carboxylic acids is 1. The van der Waals surface area contributed by atoms with Gasteiger partial charge in [0, 0.05) is 0 Å². The standard InChI is InChI=1S/C20H39ClO2/c1-3-5-7-9-11-12-14-16-18-23-20(22)19(21)17-15-13-10-8-6-4-2/h19H,3-18H2,1-2H3. The Balaban J connectivity index is 3.33. The van der Waals surface area contributed by atoms with E-state index in [0.29, 0.717) is 6.61 Å². The SMILES string of the molecule is CCCCCCCCCCOC(=O)C(Cl)CCCCCCCC. The van der Waals surface area contributed by atoms with Crippen molar-refractivity contribution in [2.45, 2.75) is 116 Å². The van der Waals surface area contributed by atoms with Gasteiger partial charge in [-0.15, -0.1) is 11.6 Å². The molecule has 3 heteroatoms. The summed E-state index contributed by atoms with van der Waals surface area (Å²) < 4.78 is 5.27. The molecule has 0 aromatic carbocycles. The zero-order valence-corrected chi connectivity index (χ0v) is 16.3. The Morgan fingerprint density at radius 3 is 1.70 bits per heavy atom.